The fourth-order valence-electron chi connectivity index (χ4n) is 0.891. The average molecular weight is 168 g/mol. The molecule has 0 bridgehead atoms. The number of rotatable bonds is 2. The molecular formula is C8H9FN2O. The number of nitrogens with one attached hydrogen (secondary N) is 1. The lowest BCUT2D eigenvalue weighted by molar-refractivity contribution is 0.412. The first-order valence-electron chi connectivity index (χ1n) is 3.33. The zero-order valence-corrected chi connectivity index (χ0v) is 6.60. The van der Waals surface area contributed by atoms with Crippen molar-refractivity contribution in [1.29, 1.82) is 5.41 Å². The molecule has 0 fully saturated rings. The Labute approximate surface area is 69.5 Å². The van der Waals surface area contributed by atoms with Gasteiger partial charge < -0.3 is 10.5 Å². The number of nitrogen functional groups attached to an aromatic ring is 1. The van der Waals surface area contributed by atoms with E-state index in [4.69, 9.17) is 15.9 Å². The minimum Gasteiger partial charge on any atom is -0.496 e. The standard InChI is InChI=1S/C8H9FN2O/c1-12-7-3-2-5(9)4-6(7)8(10)11/h2-4H,1H3,(H3,10,11). The largest absolute Gasteiger partial charge is 0.496 e. The molecule has 0 spiro atoms. The Morgan fingerprint density at radius 2 is 2.25 bits per heavy atom. The van der Waals surface area contributed by atoms with Crippen LogP contribution in [0.2, 0.25) is 0 Å². The Morgan fingerprint density at radius 3 is 2.75 bits per heavy atom. The summed E-state index contributed by atoms with van der Waals surface area (Å²) in [7, 11) is 1.44. The predicted molar refractivity (Wildman–Crippen MR) is 44.0 cm³/mol. The number of ether oxygens (including phenoxy) is 1. The van der Waals surface area contributed by atoms with Crippen molar-refractivity contribution in [2.45, 2.75) is 0 Å². The molecule has 1 aromatic rings. The van der Waals surface area contributed by atoms with Gasteiger partial charge in [0.15, 0.2) is 0 Å². The molecule has 0 radical (unpaired) electrons. The van der Waals surface area contributed by atoms with Gasteiger partial charge in [0.05, 0.1) is 12.7 Å². The van der Waals surface area contributed by atoms with E-state index in [0.717, 1.165) is 0 Å². The highest BCUT2D eigenvalue weighted by molar-refractivity contribution is 5.97. The molecule has 0 aromatic heterocycles. The summed E-state index contributed by atoms with van der Waals surface area (Å²) in [5.41, 5.74) is 5.47. The van der Waals surface area contributed by atoms with E-state index in [0.29, 0.717) is 5.75 Å². The van der Waals surface area contributed by atoms with Crippen LogP contribution < -0.4 is 10.5 Å². The SMILES string of the molecule is COc1ccc(F)cc1C(=N)N. The second-order valence-corrected chi connectivity index (χ2v) is 2.26. The summed E-state index contributed by atoms with van der Waals surface area (Å²) in [6.07, 6.45) is 0. The maximum Gasteiger partial charge on any atom is 0.129 e. The van der Waals surface area contributed by atoms with Gasteiger partial charge in [-0.2, -0.15) is 0 Å². The Bertz CT molecular complexity index is 312. The number of hydrogen-bond donors (Lipinski definition) is 2. The number of benzene rings is 1. The van der Waals surface area contributed by atoms with Crippen LogP contribution in [0.4, 0.5) is 4.39 Å². The molecule has 0 aliphatic rings. The molecule has 3 nitrogen and oxygen atoms in total. The van der Waals surface area contributed by atoms with Crippen molar-refractivity contribution in [2.75, 3.05) is 7.11 Å². The Morgan fingerprint density at radius 1 is 1.58 bits per heavy atom. The lowest BCUT2D eigenvalue weighted by Crippen LogP contribution is -2.12. The molecule has 3 N–H and O–H groups in total. The van der Waals surface area contributed by atoms with Crippen molar-refractivity contribution in [3.8, 4) is 5.75 Å². The minimum atomic E-state index is -0.430. The van der Waals surface area contributed by atoms with Gasteiger partial charge in [0, 0.05) is 0 Å². The Hall–Kier alpha value is -1.58. The molecule has 1 aromatic carbocycles. The van der Waals surface area contributed by atoms with Crippen LogP contribution in [0, 0.1) is 11.2 Å². The molecule has 1 rings (SSSR count). The number of halogens is 1. The van der Waals surface area contributed by atoms with Crippen molar-refractivity contribution >= 4 is 5.84 Å². The summed E-state index contributed by atoms with van der Waals surface area (Å²) in [5, 5.41) is 7.11. The highest BCUT2D eigenvalue weighted by Crippen LogP contribution is 2.17. The Kier molecular flexibility index (Phi) is 2.28. The highest BCUT2D eigenvalue weighted by atomic mass is 19.1. The fourth-order valence-corrected chi connectivity index (χ4v) is 0.891. The fraction of sp³-hybridized carbons (Fsp3) is 0.125. The van der Waals surface area contributed by atoms with E-state index < -0.39 is 5.82 Å². The maximum absolute atomic E-state index is 12.6. The molecule has 0 saturated heterocycles. The van der Waals surface area contributed by atoms with Crippen molar-refractivity contribution in [2.24, 2.45) is 5.73 Å². The lowest BCUT2D eigenvalue weighted by Gasteiger charge is -2.05. The van der Waals surface area contributed by atoms with E-state index in [1.807, 2.05) is 0 Å². The summed E-state index contributed by atoms with van der Waals surface area (Å²) in [4.78, 5) is 0. The van der Waals surface area contributed by atoms with Crippen LogP contribution in [-0.2, 0) is 0 Å². The van der Waals surface area contributed by atoms with E-state index in [9.17, 15) is 4.39 Å². The van der Waals surface area contributed by atoms with Crippen LogP contribution >= 0.6 is 0 Å². The number of nitrogens with two attached hydrogens (primary N) is 1. The van der Waals surface area contributed by atoms with Crippen molar-refractivity contribution < 1.29 is 9.13 Å². The van der Waals surface area contributed by atoms with Gasteiger partial charge in [0.25, 0.3) is 0 Å². The second-order valence-electron chi connectivity index (χ2n) is 2.26. The molecule has 0 aliphatic heterocycles. The molecule has 0 amide bonds. The first kappa shape index (κ1) is 8.52. The third kappa shape index (κ3) is 1.53. The smallest absolute Gasteiger partial charge is 0.129 e. The Balaban J connectivity index is 3.21. The van der Waals surface area contributed by atoms with Crippen LogP contribution in [0.5, 0.6) is 5.75 Å². The van der Waals surface area contributed by atoms with Crippen molar-refractivity contribution in [1.82, 2.24) is 0 Å². The molecule has 0 heterocycles. The van der Waals surface area contributed by atoms with Gasteiger partial charge in [-0.1, -0.05) is 0 Å². The van der Waals surface area contributed by atoms with Gasteiger partial charge in [0.1, 0.15) is 17.4 Å². The topological polar surface area (TPSA) is 59.1 Å². The summed E-state index contributed by atoms with van der Waals surface area (Å²) in [6.45, 7) is 0. The van der Waals surface area contributed by atoms with Gasteiger partial charge >= 0.3 is 0 Å². The van der Waals surface area contributed by atoms with Crippen LogP contribution in [0.25, 0.3) is 0 Å². The normalized spacial score (nSPS) is 9.50. The molecule has 0 saturated carbocycles. The monoisotopic (exact) mass is 168 g/mol. The molecular weight excluding hydrogens is 159 g/mol. The summed E-state index contributed by atoms with van der Waals surface area (Å²) >= 11 is 0. The number of amidine groups is 1. The molecule has 0 atom stereocenters. The van der Waals surface area contributed by atoms with E-state index in [1.165, 1.54) is 25.3 Å². The number of hydrogen-bond acceptors (Lipinski definition) is 2. The van der Waals surface area contributed by atoms with Crippen LogP contribution in [0.15, 0.2) is 18.2 Å². The van der Waals surface area contributed by atoms with Crippen LogP contribution in [-0.4, -0.2) is 12.9 Å². The summed E-state index contributed by atoms with van der Waals surface area (Å²) < 4.78 is 17.5. The van der Waals surface area contributed by atoms with Crippen LogP contribution in [0.3, 0.4) is 0 Å². The first-order valence-corrected chi connectivity index (χ1v) is 3.33. The molecule has 64 valence electrons. The van der Waals surface area contributed by atoms with Crippen LogP contribution in [0.1, 0.15) is 5.56 Å². The van der Waals surface area contributed by atoms with Gasteiger partial charge in [0.2, 0.25) is 0 Å². The van der Waals surface area contributed by atoms with E-state index in [-0.39, 0.29) is 11.4 Å². The zero-order valence-electron chi connectivity index (χ0n) is 6.60. The third-order valence-electron chi connectivity index (χ3n) is 1.45. The van der Waals surface area contributed by atoms with Gasteiger partial charge in [-0.3, -0.25) is 5.41 Å². The second kappa shape index (κ2) is 3.21. The summed E-state index contributed by atoms with van der Waals surface area (Å²) in [6, 6.07) is 3.86. The molecule has 12 heavy (non-hydrogen) atoms. The summed E-state index contributed by atoms with van der Waals surface area (Å²) in [5.74, 6) is -0.226. The lowest BCUT2D eigenvalue weighted by atomic mass is 10.2. The first-order chi connectivity index (χ1) is 5.65. The predicted octanol–water partition coefficient (Wildman–Crippen LogP) is 1.12. The van der Waals surface area contributed by atoms with Gasteiger partial charge in [-0.05, 0) is 18.2 Å². The highest BCUT2D eigenvalue weighted by Gasteiger charge is 2.06. The number of methoxy groups -OCH3 is 1. The molecule has 0 aliphatic carbocycles. The zero-order chi connectivity index (χ0) is 9.14. The molecule has 0 unspecified atom stereocenters. The average Bonchev–Trinajstić information content (AvgIpc) is 2.04. The quantitative estimate of drug-likeness (QED) is 0.513. The van der Waals surface area contributed by atoms with Crippen molar-refractivity contribution in [3.05, 3.63) is 29.6 Å². The van der Waals surface area contributed by atoms with Gasteiger partial charge in [-0.25, -0.2) is 4.39 Å². The van der Waals surface area contributed by atoms with E-state index >= 15 is 0 Å². The molecule has 4 heteroatoms. The minimum absolute atomic E-state index is 0.202. The maximum atomic E-state index is 12.6. The van der Waals surface area contributed by atoms with Gasteiger partial charge in [-0.15, -0.1) is 0 Å². The third-order valence-corrected chi connectivity index (χ3v) is 1.45. The van der Waals surface area contributed by atoms with Crippen molar-refractivity contribution in [3.63, 3.8) is 0 Å². The van der Waals surface area contributed by atoms with E-state index in [1.54, 1.807) is 0 Å². The van der Waals surface area contributed by atoms with E-state index in [2.05, 4.69) is 0 Å².